The SMILES string of the molecule is Cc1cc(C2(O)CCN3CCCC3C2)cs1. The summed E-state index contributed by atoms with van der Waals surface area (Å²) in [5.74, 6) is 0. The summed E-state index contributed by atoms with van der Waals surface area (Å²) in [5, 5.41) is 12.9. The number of nitrogens with zero attached hydrogens (tertiary/aromatic N) is 1. The van der Waals surface area contributed by atoms with Crippen molar-refractivity contribution in [1.29, 1.82) is 0 Å². The first-order chi connectivity index (χ1) is 7.67. The molecule has 0 spiro atoms. The number of hydrogen-bond acceptors (Lipinski definition) is 3. The minimum Gasteiger partial charge on any atom is -0.385 e. The molecule has 2 nitrogen and oxygen atoms in total. The molecule has 0 aliphatic carbocycles. The molecule has 2 atom stereocenters. The standard InChI is InChI=1S/C13H19NOS/c1-10-7-11(9-16-10)13(15)4-6-14-5-2-3-12(14)8-13/h7,9,12,15H,2-6,8H2,1H3. The van der Waals surface area contributed by atoms with Crippen molar-refractivity contribution >= 4 is 11.3 Å². The molecule has 2 unspecified atom stereocenters. The zero-order valence-corrected chi connectivity index (χ0v) is 10.6. The fourth-order valence-electron chi connectivity index (χ4n) is 3.19. The van der Waals surface area contributed by atoms with E-state index in [0.717, 1.165) is 24.9 Å². The van der Waals surface area contributed by atoms with Gasteiger partial charge in [0.25, 0.3) is 0 Å². The van der Waals surface area contributed by atoms with Gasteiger partial charge in [0.2, 0.25) is 0 Å². The molecule has 0 saturated carbocycles. The Morgan fingerprint density at radius 1 is 1.50 bits per heavy atom. The monoisotopic (exact) mass is 237 g/mol. The van der Waals surface area contributed by atoms with Crippen molar-refractivity contribution in [3.05, 3.63) is 21.9 Å². The van der Waals surface area contributed by atoms with E-state index in [1.54, 1.807) is 11.3 Å². The van der Waals surface area contributed by atoms with Crippen molar-refractivity contribution in [2.45, 2.75) is 44.2 Å². The highest BCUT2D eigenvalue weighted by Crippen LogP contribution is 2.40. The second-order valence-corrected chi connectivity index (χ2v) is 6.38. The summed E-state index contributed by atoms with van der Waals surface area (Å²) in [4.78, 5) is 3.85. The van der Waals surface area contributed by atoms with Crippen LogP contribution in [0.4, 0.5) is 0 Å². The van der Waals surface area contributed by atoms with Gasteiger partial charge in [0.15, 0.2) is 0 Å². The Bertz CT molecular complexity index is 389. The lowest BCUT2D eigenvalue weighted by atomic mass is 9.82. The molecule has 2 fully saturated rings. The van der Waals surface area contributed by atoms with Gasteiger partial charge in [-0.15, -0.1) is 11.3 Å². The van der Waals surface area contributed by atoms with E-state index in [1.165, 1.54) is 24.3 Å². The molecular weight excluding hydrogens is 218 g/mol. The minimum absolute atomic E-state index is 0.545. The lowest BCUT2D eigenvalue weighted by molar-refractivity contribution is -0.0406. The third kappa shape index (κ3) is 1.71. The van der Waals surface area contributed by atoms with E-state index < -0.39 is 5.60 Å². The van der Waals surface area contributed by atoms with Crippen LogP contribution in [0.1, 0.15) is 36.1 Å². The molecule has 88 valence electrons. The van der Waals surface area contributed by atoms with Gasteiger partial charge in [0.1, 0.15) is 0 Å². The van der Waals surface area contributed by atoms with Crippen molar-refractivity contribution in [3.63, 3.8) is 0 Å². The summed E-state index contributed by atoms with van der Waals surface area (Å²) < 4.78 is 0. The molecule has 2 saturated heterocycles. The van der Waals surface area contributed by atoms with Crippen LogP contribution in [0.15, 0.2) is 11.4 Å². The van der Waals surface area contributed by atoms with E-state index >= 15 is 0 Å². The lowest BCUT2D eigenvalue weighted by Gasteiger charge is -2.40. The second-order valence-electron chi connectivity index (χ2n) is 5.26. The van der Waals surface area contributed by atoms with Crippen molar-refractivity contribution < 1.29 is 5.11 Å². The van der Waals surface area contributed by atoms with Gasteiger partial charge >= 0.3 is 0 Å². The average Bonchev–Trinajstić information content (AvgIpc) is 2.85. The van der Waals surface area contributed by atoms with E-state index in [4.69, 9.17) is 0 Å². The molecule has 1 aromatic rings. The normalized spacial score (nSPS) is 35.2. The first-order valence-electron chi connectivity index (χ1n) is 6.19. The molecule has 0 aromatic carbocycles. The zero-order chi connectivity index (χ0) is 11.2. The second kappa shape index (κ2) is 3.83. The number of fused-ring (bicyclic) bond motifs is 1. The first-order valence-corrected chi connectivity index (χ1v) is 7.07. The van der Waals surface area contributed by atoms with Crippen LogP contribution in [0.2, 0.25) is 0 Å². The van der Waals surface area contributed by atoms with Crippen molar-refractivity contribution in [1.82, 2.24) is 4.90 Å². The highest BCUT2D eigenvalue weighted by Gasteiger charge is 2.41. The molecule has 3 heteroatoms. The van der Waals surface area contributed by atoms with E-state index in [1.807, 2.05) is 0 Å². The fraction of sp³-hybridized carbons (Fsp3) is 0.692. The molecular formula is C13H19NOS. The first kappa shape index (κ1) is 10.8. The average molecular weight is 237 g/mol. The number of piperidine rings is 1. The van der Waals surface area contributed by atoms with Gasteiger partial charge in [0.05, 0.1) is 5.60 Å². The largest absolute Gasteiger partial charge is 0.385 e. The quantitative estimate of drug-likeness (QED) is 0.811. The summed E-state index contributed by atoms with van der Waals surface area (Å²) in [6, 6.07) is 2.79. The lowest BCUT2D eigenvalue weighted by Crippen LogP contribution is -2.45. The highest BCUT2D eigenvalue weighted by molar-refractivity contribution is 7.10. The van der Waals surface area contributed by atoms with Crippen LogP contribution in [-0.2, 0) is 5.60 Å². The summed E-state index contributed by atoms with van der Waals surface area (Å²) in [6.45, 7) is 4.42. The van der Waals surface area contributed by atoms with Crippen LogP contribution in [0.3, 0.4) is 0 Å². The fourth-order valence-corrected chi connectivity index (χ4v) is 3.99. The Morgan fingerprint density at radius 3 is 3.12 bits per heavy atom. The smallest absolute Gasteiger partial charge is 0.0931 e. The number of thiophene rings is 1. The molecule has 0 bridgehead atoms. The van der Waals surface area contributed by atoms with Crippen molar-refractivity contribution in [2.24, 2.45) is 0 Å². The Balaban J connectivity index is 1.83. The summed E-state index contributed by atoms with van der Waals surface area (Å²) in [7, 11) is 0. The van der Waals surface area contributed by atoms with E-state index in [0.29, 0.717) is 6.04 Å². The van der Waals surface area contributed by atoms with Crippen LogP contribution < -0.4 is 0 Å². The van der Waals surface area contributed by atoms with Crippen molar-refractivity contribution in [3.8, 4) is 0 Å². The van der Waals surface area contributed by atoms with Crippen molar-refractivity contribution in [2.75, 3.05) is 13.1 Å². The maximum absolute atomic E-state index is 10.8. The summed E-state index contributed by atoms with van der Waals surface area (Å²) >= 11 is 1.75. The van der Waals surface area contributed by atoms with Gasteiger partial charge in [-0.05, 0) is 56.2 Å². The number of aliphatic hydroxyl groups is 1. The minimum atomic E-state index is -0.545. The van der Waals surface area contributed by atoms with E-state index in [9.17, 15) is 5.11 Å². The Hall–Kier alpha value is -0.380. The number of aryl methyl sites for hydroxylation is 1. The van der Waals surface area contributed by atoms with Gasteiger partial charge in [-0.2, -0.15) is 0 Å². The molecule has 3 rings (SSSR count). The maximum Gasteiger partial charge on any atom is 0.0931 e. The molecule has 2 aliphatic heterocycles. The van der Waals surface area contributed by atoms with Gasteiger partial charge < -0.3 is 10.0 Å². The van der Waals surface area contributed by atoms with Crippen LogP contribution in [0.5, 0.6) is 0 Å². The molecule has 1 N–H and O–H groups in total. The predicted molar refractivity (Wildman–Crippen MR) is 66.8 cm³/mol. The molecule has 2 aliphatic rings. The number of hydrogen-bond donors (Lipinski definition) is 1. The Kier molecular flexibility index (Phi) is 2.57. The van der Waals surface area contributed by atoms with Crippen LogP contribution in [0, 0.1) is 6.92 Å². The van der Waals surface area contributed by atoms with E-state index in [-0.39, 0.29) is 0 Å². The third-order valence-corrected chi connectivity index (χ3v) is 5.01. The van der Waals surface area contributed by atoms with Crippen LogP contribution >= 0.6 is 11.3 Å². The highest BCUT2D eigenvalue weighted by atomic mass is 32.1. The van der Waals surface area contributed by atoms with Crippen LogP contribution in [0.25, 0.3) is 0 Å². The molecule has 16 heavy (non-hydrogen) atoms. The van der Waals surface area contributed by atoms with Gasteiger partial charge in [-0.1, -0.05) is 0 Å². The molecule has 3 heterocycles. The van der Waals surface area contributed by atoms with Crippen LogP contribution in [-0.4, -0.2) is 29.1 Å². The Labute approximate surface area is 101 Å². The third-order valence-electron chi connectivity index (χ3n) is 4.15. The molecule has 1 aromatic heterocycles. The maximum atomic E-state index is 10.8. The topological polar surface area (TPSA) is 23.5 Å². The van der Waals surface area contributed by atoms with Gasteiger partial charge in [-0.25, -0.2) is 0 Å². The number of rotatable bonds is 1. The summed E-state index contributed by atoms with van der Waals surface area (Å²) in [5.41, 5.74) is 0.609. The molecule has 0 amide bonds. The van der Waals surface area contributed by atoms with E-state index in [2.05, 4.69) is 23.3 Å². The summed E-state index contributed by atoms with van der Waals surface area (Å²) in [6.07, 6.45) is 4.41. The zero-order valence-electron chi connectivity index (χ0n) is 9.78. The molecule has 0 radical (unpaired) electrons. The predicted octanol–water partition coefficient (Wildman–Crippen LogP) is 2.50. The van der Waals surface area contributed by atoms with Gasteiger partial charge in [0, 0.05) is 17.5 Å². The van der Waals surface area contributed by atoms with Gasteiger partial charge in [-0.3, -0.25) is 0 Å². The Morgan fingerprint density at radius 2 is 2.38 bits per heavy atom.